The number of aliphatic carboxylic acids is 1. The number of rotatable bonds is 6. The number of anilines is 1. The van der Waals surface area contributed by atoms with Crippen molar-refractivity contribution in [2.45, 2.75) is 32.0 Å². The van der Waals surface area contributed by atoms with Crippen LogP contribution in [0.2, 0.25) is 5.02 Å². The molecule has 1 aromatic heterocycles. The summed E-state index contributed by atoms with van der Waals surface area (Å²) in [5.74, 6) is -1.26. The van der Waals surface area contributed by atoms with Crippen LogP contribution in [0.3, 0.4) is 0 Å². The highest BCUT2D eigenvalue weighted by Crippen LogP contribution is 2.49. The van der Waals surface area contributed by atoms with Crippen LogP contribution in [0.1, 0.15) is 25.5 Å². The van der Waals surface area contributed by atoms with Gasteiger partial charge in [0.25, 0.3) is 5.91 Å². The Morgan fingerprint density at radius 1 is 1.24 bits per heavy atom. The van der Waals surface area contributed by atoms with Crippen molar-refractivity contribution in [2.75, 3.05) is 38.5 Å². The van der Waals surface area contributed by atoms with E-state index >= 15 is 0 Å². The smallest absolute Gasteiger partial charge is 0.325 e. The summed E-state index contributed by atoms with van der Waals surface area (Å²) in [5.41, 5.74) is 2.10. The second-order valence-electron chi connectivity index (χ2n) is 11.1. The van der Waals surface area contributed by atoms with Crippen LogP contribution in [0.4, 0.5) is 10.1 Å². The van der Waals surface area contributed by atoms with Gasteiger partial charge in [0, 0.05) is 40.5 Å². The van der Waals surface area contributed by atoms with Gasteiger partial charge < -0.3 is 24.2 Å². The van der Waals surface area contributed by atoms with Gasteiger partial charge in [0.15, 0.2) is 0 Å². The minimum atomic E-state index is -1.02. The lowest BCUT2D eigenvalue weighted by Crippen LogP contribution is -2.58. The van der Waals surface area contributed by atoms with E-state index in [2.05, 4.69) is 5.10 Å². The zero-order valence-corrected chi connectivity index (χ0v) is 24.0. The number of nitrogens with zero attached hydrogens (tertiary/aromatic N) is 5. The van der Waals surface area contributed by atoms with Crippen molar-refractivity contribution < 1.29 is 33.3 Å². The van der Waals surface area contributed by atoms with Gasteiger partial charge >= 0.3 is 5.97 Å². The van der Waals surface area contributed by atoms with Crippen LogP contribution in [0.5, 0.6) is 11.5 Å². The molecule has 3 aliphatic heterocycles. The first-order valence-corrected chi connectivity index (χ1v) is 13.8. The molecule has 11 nitrogen and oxygen atoms in total. The molecule has 0 radical (unpaired) electrons. The Hall–Kier alpha value is -4.16. The maximum Gasteiger partial charge on any atom is 0.325 e. The van der Waals surface area contributed by atoms with Crippen LogP contribution in [-0.4, -0.2) is 76.4 Å². The standard InChI is InChI=1S/C29H29ClFN5O6/c1-29(2)15-41-5-4-35(29)28(39)26-22-14-42-24-10-23(40-3)20(16-11-32-34(12-16)13-25(37)38)9-21(24)27(22)36(33-26)19-7-17(30)6-18(31)8-19/h6-12,22,27H,4-5,13-15H2,1-3H3,(H,37,38). The van der Waals surface area contributed by atoms with Gasteiger partial charge in [-0.3, -0.25) is 19.3 Å². The second-order valence-corrected chi connectivity index (χ2v) is 11.5. The molecule has 13 heteroatoms. The molecule has 2 atom stereocenters. The quantitative estimate of drug-likeness (QED) is 0.453. The Morgan fingerprint density at radius 3 is 2.76 bits per heavy atom. The number of fused-ring (bicyclic) bond motifs is 3. The average Bonchev–Trinajstić information content (AvgIpc) is 3.56. The third-order valence-electron chi connectivity index (χ3n) is 7.74. The number of aromatic nitrogens is 2. The second kappa shape index (κ2) is 10.6. The van der Waals surface area contributed by atoms with Crippen LogP contribution in [0.25, 0.3) is 11.1 Å². The summed E-state index contributed by atoms with van der Waals surface area (Å²) < 4.78 is 33.4. The summed E-state index contributed by atoms with van der Waals surface area (Å²) in [4.78, 5) is 27.0. The first kappa shape index (κ1) is 28.0. The molecule has 2 aromatic carbocycles. The maximum atomic E-state index is 14.6. The van der Waals surface area contributed by atoms with Crippen molar-refractivity contribution in [3.63, 3.8) is 0 Å². The van der Waals surface area contributed by atoms with Gasteiger partial charge in [0.05, 0.1) is 56.3 Å². The zero-order valence-electron chi connectivity index (χ0n) is 23.2. The van der Waals surface area contributed by atoms with E-state index in [1.165, 1.54) is 23.9 Å². The molecule has 1 amide bonds. The SMILES string of the molecule is COc1cc2c(cc1-c1cnn(CC(=O)O)c1)C1C(CO2)C(C(=O)N2CCOCC2(C)C)=NN1c1cc(F)cc(Cl)c1. The zero-order chi connectivity index (χ0) is 29.8. The molecule has 6 rings (SSSR count). The summed E-state index contributed by atoms with van der Waals surface area (Å²) in [6, 6.07) is 7.22. The minimum Gasteiger partial charge on any atom is -0.496 e. The molecule has 4 heterocycles. The summed E-state index contributed by atoms with van der Waals surface area (Å²) in [6.45, 7) is 4.96. The molecule has 1 fully saturated rings. The largest absolute Gasteiger partial charge is 0.496 e. The first-order chi connectivity index (χ1) is 20.1. The van der Waals surface area contributed by atoms with E-state index in [1.54, 1.807) is 34.4 Å². The number of hydrazone groups is 1. The highest BCUT2D eigenvalue weighted by Gasteiger charge is 2.49. The highest BCUT2D eigenvalue weighted by molar-refractivity contribution is 6.41. The Morgan fingerprint density at radius 2 is 2.05 bits per heavy atom. The topological polar surface area (TPSA) is 119 Å². The molecular formula is C29H29ClFN5O6. The molecule has 0 spiro atoms. The van der Waals surface area contributed by atoms with Crippen LogP contribution in [0, 0.1) is 11.7 Å². The lowest BCUT2D eigenvalue weighted by Gasteiger charge is -2.42. The van der Waals surface area contributed by atoms with Crippen molar-refractivity contribution in [3.05, 3.63) is 59.1 Å². The van der Waals surface area contributed by atoms with Crippen LogP contribution >= 0.6 is 11.6 Å². The van der Waals surface area contributed by atoms with Crippen molar-refractivity contribution in [3.8, 4) is 22.6 Å². The number of carbonyl (C=O) groups excluding carboxylic acids is 1. The molecule has 1 N–H and O–H groups in total. The van der Waals surface area contributed by atoms with Gasteiger partial charge in [-0.2, -0.15) is 10.2 Å². The monoisotopic (exact) mass is 597 g/mol. The van der Waals surface area contributed by atoms with E-state index in [1.807, 2.05) is 19.9 Å². The van der Waals surface area contributed by atoms with Gasteiger partial charge in [-0.25, -0.2) is 4.39 Å². The van der Waals surface area contributed by atoms with Gasteiger partial charge in [-0.15, -0.1) is 0 Å². The first-order valence-electron chi connectivity index (χ1n) is 13.4. The predicted octanol–water partition coefficient (Wildman–Crippen LogP) is 4.00. The number of morpholine rings is 1. The summed E-state index contributed by atoms with van der Waals surface area (Å²) in [7, 11) is 1.53. The number of amides is 1. The number of carbonyl (C=O) groups is 2. The summed E-state index contributed by atoms with van der Waals surface area (Å²) >= 11 is 6.25. The molecular weight excluding hydrogens is 569 g/mol. The lowest BCUT2D eigenvalue weighted by molar-refractivity contribution is -0.139. The van der Waals surface area contributed by atoms with Gasteiger partial charge in [-0.1, -0.05) is 11.6 Å². The molecule has 3 aromatic rings. The van der Waals surface area contributed by atoms with Crippen LogP contribution < -0.4 is 14.5 Å². The molecule has 0 bridgehead atoms. The molecule has 0 saturated carbocycles. The third kappa shape index (κ3) is 4.94. The molecule has 42 heavy (non-hydrogen) atoms. The van der Waals surface area contributed by atoms with Crippen molar-refractivity contribution in [2.24, 2.45) is 11.0 Å². The van der Waals surface area contributed by atoms with Crippen LogP contribution in [-0.2, 0) is 20.9 Å². The normalized spacial score (nSPS) is 20.8. The third-order valence-corrected chi connectivity index (χ3v) is 7.96. The number of hydrogen-bond acceptors (Lipinski definition) is 8. The molecule has 220 valence electrons. The van der Waals surface area contributed by atoms with E-state index in [9.17, 15) is 19.1 Å². The average molecular weight is 598 g/mol. The fourth-order valence-corrected chi connectivity index (χ4v) is 6.01. The number of carboxylic acid groups (broad SMARTS) is 1. The predicted molar refractivity (Wildman–Crippen MR) is 152 cm³/mol. The molecule has 3 aliphatic rings. The highest BCUT2D eigenvalue weighted by atomic mass is 35.5. The number of carboxylic acids is 1. The molecule has 1 saturated heterocycles. The van der Waals surface area contributed by atoms with E-state index in [-0.39, 0.29) is 24.1 Å². The Balaban J connectivity index is 1.47. The molecule has 2 unspecified atom stereocenters. The summed E-state index contributed by atoms with van der Waals surface area (Å²) in [5, 5.41) is 20.0. The van der Waals surface area contributed by atoms with Crippen molar-refractivity contribution in [1.82, 2.24) is 14.7 Å². The maximum absolute atomic E-state index is 14.6. The number of hydrogen-bond donors (Lipinski definition) is 1. The van der Waals surface area contributed by atoms with E-state index in [4.69, 9.17) is 30.9 Å². The molecule has 0 aliphatic carbocycles. The number of benzene rings is 2. The fraction of sp³-hybridized carbons (Fsp3) is 0.379. The fourth-order valence-electron chi connectivity index (χ4n) is 5.79. The van der Waals surface area contributed by atoms with Crippen molar-refractivity contribution >= 4 is 34.9 Å². The van der Waals surface area contributed by atoms with Gasteiger partial charge in [-0.05, 0) is 38.1 Å². The Kier molecular flexibility index (Phi) is 7.06. The van der Waals surface area contributed by atoms with Gasteiger partial charge in [0.1, 0.15) is 29.6 Å². The lowest BCUT2D eigenvalue weighted by atomic mass is 9.85. The minimum absolute atomic E-state index is 0.158. The summed E-state index contributed by atoms with van der Waals surface area (Å²) in [6.07, 6.45) is 3.17. The van der Waals surface area contributed by atoms with Gasteiger partial charge in [0.2, 0.25) is 0 Å². The van der Waals surface area contributed by atoms with E-state index in [0.717, 1.165) is 0 Å². The van der Waals surface area contributed by atoms with E-state index in [0.29, 0.717) is 59.3 Å². The number of ether oxygens (including phenoxy) is 3. The number of methoxy groups -OCH3 is 1. The van der Waals surface area contributed by atoms with Crippen molar-refractivity contribution in [1.29, 1.82) is 0 Å². The van der Waals surface area contributed by atoms with E-state index < -0.39 is 29.3 Å². The van der Waals surface area contributed by atoms with Crippen LogP contribution in [0.15, 0.2) is 47.8 Å². The Bertz CT molecular complexity index is 1590. The number of halogens is 2. The Labute approximate surface area is 246 Å².